The summed E-state index contributed by atoms with van der Waals surface area (Å²) >= 11 is 0. The fourth-order valence-corrected chi connectivity index (χ4v) is 7.96. The van der Waals surface area contributed by atoms with E-state index < -0.39 is 0 Å². The first-order chi connectivity index (χ1) is 29.2. The third-order valence-corrected chi connectivity index (χ3v) is 10.4. The molecule has 6 aromatic carbocycles. The van der Waals surface area contributed by atoms with Gasteiger partial charge >= 0.3 is 42.1 Å². The fourth-order valence-electron chi connectivity index (χ4n) is 7.96. The van der Waals surface area contributed by atoms with E-state index in [1.165, 1.54) is 0 Å². The van der Waals surface area contributed by atoms with E-state index in [1.54, 1.807) is 43.5 Å². The van der Waals surface area contributed by atoms with Gasteiger partial charge in [-0.3, -0.25) is 0 Å². The quantitative estimate of drug-likeness (QED) is 0.145. The Morgan fingerprint density at radius 3 is 1.16 bits per heavy atom. The molecule has 0 aliphatic carbocycles. The molecule has 0 aliphatic heterocycles. The molecule has 0 saturated heterocycles. The van der Waals surface area contributed by atoms with E-state index in [2.05, 4.69) is 99.7 Å². The van der Waals surface area contributed by atoms with Crippen molar-refractivity contribution in [3.63, 3.8) is 0 Å². The molecule has 0 saturated carbocycles. The van der Waals surface area contributed by atoms with Crippen molar-refractivity contribution in [2.45, 2.75) is 0 Å². The van der Waals surface area contributed by atoms with Crippen LogP contribution in [-0.4, -0.2) is 43.6 Å². The Bertz CT molecular complexity index is 3360. The number of nitrogens with zero attached hydrogens (tertiary/aromatic N) is 9. The van der Waals surface area contributed by atoms with E-state index in [1.807, 2.05) is 77.4 Å². The van der Waals surface area contributed by atoms with Crippen molar-refractivity contribution < 1.29 is 51.6 Å². The van der Waals surface area contributed by atoms with E-state index in [-0.39, 0.29) is 42.1 Å². The number of aromatic nitrogens is 9. The van der Waals surface area contributed by atoms with Gasteiger partial charge in [-0.1, -0.05) is 58.5 Å². The Hall–Kier alpha value is -7.06. The predicted molar refractivity (Wildman–Crippen MR) is 225 cm³/mol. The van der Waals surface area contributed by atoms with Crippen LogP contribution in [0, 0.1) is 24.3 Å². The number of benzene rings is 6. The van der Waals surface area contributed by atoms with Gasteiger partial charge in [-0.2, -0.15) is 35.0 Å². The summed E-state index contributed by atoms with van der Waals surface area (Å²) in [6, 6.07) is 51.8. The average molecular weight is 1150 g/mol. The molecule has 0 spiro atoms. The van der Waals surface area contributed by atoms with Crippen LogP contribution in [-0.2, 0) is 42.1 Å². The van der Waals surface area contributed by atoms with Crippen LogP contribution in [0.25, 0.3) is 83.0 Å². The van der Waals surface area contributed by atoms with Gasteiger partial charge in [0, 0.05) is 58.8 Å². The first-order valence-electron chi connectivity index (χ1n) is 18.7. The van der Waals surface area contributed by atoms with E-state index in [4.69, 9.17) is 9.47 Å². The molecule has 12 rings (SSSR count). The molecule has 0 fully saturated rings. The number of hydrogen-bond acceptors (Lipinski definition) is 8. The average Bonchev–Trinajstić information content (AvgIpc) is 3.92. The fraction of sp³-hybridized carbons (Fsp3) is 0. The van der Waals surface area contributed by atoms with Crippen LogP contribution in [0.15, 0.2) is 153 Å². The molecule has 0 aliphatic rings. The van der Waals surface area contributed by atoms with E-state index in [0.29, 0.717) is 28.9 Å². The van der Waals surface area contributed by atoms with Crippen molar-refractivity contribution in [1.29, 1.82) is 0 Å². The van der Waals surface area contributed by atoms with Gasteiger partial charge in [0.05, 0.1) is 0 Å². The monoisotopic (exact) mass is 1150 g/mol. The Kier molecular flexibility index (Phi) is 9.70. The zero-order valence-electron chi connectivity index (χ0n) is 31.4. The minimum atomic E-state index is 0. The molecule has 0 bridgehead atoms. The molecule has 0 radical (unpaired) electrons. The number of ether oxygens (including phenoxy) is 2. The second kappa shape index (κ2) is 15.5. The minimum absolute atomic E-state index is 0. The third kappa shape index (κ3) is 6.36. The molecule has 6 aromatic heterocycles. The van der Waals surface area contributed by atoms with Gasteiger partial charge in [0.2, 0.25) is 5.95 Å². The van der Waals surface area contributed by atoms with Crippen LogP contribution in [0.2, 0.25) is 0 Å². The Labute approximate surface area is 375 Å². The molecule has 11 nitrogen and oxygen atoms in total. The molecule has 0 N–H and O–H groups in total. The summed E-state index contributed by atoms with van der Waals surface area (Å²) in [7, 11) is 0. The van der Waals surface area contributed by atoms with Gasteiger partial charge in [-0.25, -0.2) is 29.9 Å². The molecule has 6 heterocycles. The predicted octanol–water partition coefficient (Wildman–Crippen LogP) is 10.1. The van der Waals surface area contributed by atoms with Crippen LogP contribution in [0.3, 0.4) is 0 Å². The van der Waals surface area contributed by atoms with Crippen molar-refractivity contribution >= 4 is 65.4 Å². The maximum atomic E-state index is 6.51. The van der Waals surface area contributed by atoms with E-state index in [0.717, 1.165) is 77.1 Å². The molecular formula is C48H25N9O2Pt2. The normalized spacial score (nSPS) is 11.3. The summed E-state index contributed by atoms with van der Waals surface area (Å²) in [5.74, 6) is 3.98. The number of rotatable bonds is 7. The standard InChI is InChI=1S/C48H25N9O2.2Pt/c1-3-8-40-34(6-1)36-14-10-30(24-42(36)55(40)46-18-22-49-28-53-46)58-32-12-16-38-39-17-13-33(27-45(39)57(44(38)26-32)48-51-20-5-21-52-48)59-31-11-15-37-35-7-2-4-9-41(35)56(43(37)25-31)47-19-23-50-29-54-47;;/h1-23,28-29H;;/q-4;2*+2. The maximum absolute atomic E-state index is 6.51. The van der Waals surface area contributed by atoms with Crippen LogP contribution in [0.4, 0.5) is 0 Å². The number of hydrogen-bond donors (Lipinski definition) is 0. The number of para-hydroxylation sites is 2. The third-order valence-electron chi connectivity index (χ3n) is 10.4. The summed E-state index contributed by atoms with van der Waals surface area (Å²) < 4.78 is 19.1. The van der Waals surface area contributed by atoms with Gasteiger partial charge in [0.25, 0.3) is 0 Å². The van der Waals surface area contributed by atoms with Crippen molar-refractivity contribution in [2.75, 3.05) is 0 Å². The second-order valence-corrected chi connectivity index (χ2v) is 13.8. The van der Waals surface area contributed by atoms with Gasteiger partial charge < -0.3 is 23.2 Å². The maximum Gasteiger partial charge on any atom is 2.00 e. The smallest absolute Gasteiger partial charge is 0.509 e. The van der Waals surface area contributed by atoms with Crippen LogP contribution < -0.4 is 9.47 Å². The first-order valence-corrected chi connectivity index (χ1v) is 18.7. The zero-order chi connectivity index (χ0) is 38.9. The topological polar surface area (TPSA) is 111 Å². The molecule has 61 heavy (non-hydrogen) atoms. The summed E-state index contributed by atoms with van der Waals surface area (Å²) in [5.41, 5.74) is 5.14. The summed E-state index contributed by atoms with van der Waals surface area (Å²) in [6.45, 7) is 0. The van der Waals surface area contributed by atoms with Crippen LogP contribution in [0.5, 0.6) is 23.0 Å². The molecule has 13 heteroatoms. The van der Waals surface area contributed by atoms with Crippen molar-refractivity contribution in [1.82, 2.24) is 43.6 Å². The second-order valence-electron chi connectivity index (χ2n) is 13.8. The van der Waals surface area contributed by atoms with Crippen LogP contribution >= 0.6 is 0 Å². The Balaban J connectivity index is 0.00000223. The molecule has 0 atom stereocenters. The van der Waals surface area contributed by atoms with Gasteiger partial charge in [-0.05, 0) is 41.1 Å². The van der Waals surface area contributed by atoms with Crippen molar-refractivity contribution in [3.05, 3.63) is 177 Å². The molecule has 0 unspecified atom stereocenters. The molecule has 0 amide bonds. The van der Waals surface area contributed by atoms with Gasteiger partial charge in [-0.15, -0.1) is 59.3 Å². The molecular weight excluding hydrogens is 1120 g/mol. The van der Waals surface area contributed by atoms with Gasteiger partial charge in [0.15, 0.2) is 0 Å². The zero-order valence-corrected chi connectivity index (χ0v) is 36.0. The number of fused-ring (bicyclic) bond motifs is 9. The summed E-state index contributed by atoms with van der Waals surface area (Å²) in [6.07, 6.45) is 9.97. The van der Waals surface area contributed by atoms with E-state index in [9.17, 15) is 0 Å². The largest absolute Gasteiger partial charge is 2.00 e. The SMILES string of the molecule is [Pt+2].[Pt+2].[c-]1c(Oc2[c-]c3c(cc2)c2ccccc2n3-c2ccncn2)ccc2c3ccc(Oc4[c-]c5c(cc4)c4ccccc4n5-c4ccncn4)[c-]c3n(-c3ncccn3)c12. The minimum Gasteiger partial charge on any atom is -0.509 e. The van der Waals surface area contributed by atoms with Crippen molar-refractivity contribution in [2.24, 2.45) is 0 Å². The first kappa shape index (κ1) is 38.2. The van der Waals surface area contributed by atoms with Gasteiger partial charge in [0.1, 0.15) is 24.3 Å². The van der Waals surface area contributed by atoms with Crippen molar-refractivity contribution in [3.8, 4) is 40.6 Å². The Morgan fingerprint density at radius 1 is 0.361 bits per heavy atom. The summed E-state index contributed by atoms with van der Waals surface area (Å²) in [4.78, 5) is 26.6. The molecule has 294 valence electrons. The Morgan fingerprint density at radius 2 is 0.754 bits per heavy atom. The summed E-state index contributed by atoms with van der Waals surface area (Å²) in [5, 5.41) is 6.10. The van der Waals surface area contributed by atoms with Crippen LogP contribution in [0.1, 0.15) is 0 Å². The van der Waals surface area contributed by atoms with E-state index >= 15 is 0 Å². The molecule has 12 aromatic rings.